The van der Waals surface area contributed by atoms with Crippen molar-refractivity contribution in [1.82, 2.24) is 4.98 Å². The summed E-state index contributed by atoms with van der Waals surface area (Å²) in [7, 11) is 0. The van der Waals surface area contributed by atoms with Gasteiger partial charge < -0.3 is 9.84 Å². The normalized spacial score (nSPS) is 11.8. The molecular formula is C14H12ClNO3. The minimum absolute atomic E-state index is 0.0291. The van der Waals surface area contributed by atoms with E-state index in [1.807, 2.05) is 6.07 Å². The number of carboxylic acid groups (broad SMARTS) is 1. The predicted octanol–water partition coefficient (Wildman–Crippen LogP) is 2.98. The summed E-state index contributed by atoms with van der Waals surface area (Å²) in [5.74, 6) is -1.20. The Morgan fingerprint density at radius 3 is 2.68 bits per heavy atom. The predicted molar refractivity (Wildman–Crippen MR) is 71.6 cm³/mol. The van der Waals surface area contributed by atoms with E-state index >= 15 is 0 Å². The molecule has 1 atom stereocenters. The van der Waals surface area contributed by atoms with Gasteiger partial charge in [0.2, 0.25) is 0 Å². The number of aliphatic carboxylic acids is 1. The minimum Gasteiger partial charge on any atom is -0.491 e. The van der Waals surface area contributed by atoms with E-state index in [1.54, 1.807) is 30.3 Å². The number of benzene rings is 1. The van der Waals surface area contributed by atoms with Crippen LogP contribution in [0, 0.1) is 0 Å². The first-order chi connectivity index (χ1) is 9.16. The Hall–Kier alpha value is -2.07. The van der Waals surface area contributed by atoms with E-state index in [4.69, 9.17) is 16.3 Å². The molecule has 0 bridgehead atoms. The number of pyridine rings is 1. The second-order valence-electron chi connectivity index (χ2n) is 3.95. The molecule has 5 heteroatoms. The Kier molecular flexibility index (Phi) is 4.36. The minimum atomic E-state index is -0.929. The van der Waals surface area contributed by atoms with Gasteiger partial charge in [0.15, 0.2) is 0 Å². The number of halogens is 1. The van der Waals surface area contributed by atoms with Crippen molar-refractivity contribution < 1.29 is 14.6 Å². The van der Waals surface area contributed by atoms with Gasteiger partial charge in [-0.3, -0.25) is 9.78 Å². The molecule has 0 spiro atoms. The maximum absolute atomic E-state index is 11.3. The van der Waals surface area contributed by atoms with Crippen LogP contribution < -0.4 is 4.74 Å². The van der Waals surface area contributed by atoms with Gasteiger partial charge in [0.05, 0.1) is 11.2 Å². The largest absolute Gasteiger partial charge is 0.491 e. The fourth-order valence-electron chi connectivity index (χ4n) is 1.65. The maximum Gasteiger partial charge on any atom is 0.314 e. The summed E-state index contributed by atoms with van der Waals surface area (Å²) in [5, 5.41) is 9.69. The van der Waals surface area contributed by atoms with Crippen molar-refractivity contribution in [3.8, 4) is 5.75 Å². The average molecular weight is 278 g/mol. The lowest BCUT2D eigenvalue weighted by atomic mass is 10.0. The van der Waals surface area contributed by atoms with Crippen LogP contribution in [0.4, 0.5) is 0 Å². The molecule has 1 aromatic carbocycles. The summed E-state index contributed by atoms with van der Waals surface area (Å²) >= 11 is 5.78. The molecule has 0 saturated heterocycles. The van der Waals surface area contributed by atoms with Crippen molar-refractivity contribution in [2.24, 2.45) is 0 Å². The molecule has 0 aliphatic rings. The molecule has 2 aromatic rings. The lowest BCUT2D eigenvalue weighted by Gasteiger charge is -2.14. The first kappa shape index (κ1) is 13.4. The van der Waals surface area contributed by atoms with Crippen molar-refractivity contribution in [3.63, 3.8) is 0 Å². The zero-order valence-electron chi connectivity index (χ0n) is 9.99. The van der Waals surface area contributed by atoms with E-state index in [-0.39, 0.29) is 6.61 Å². The first-order valence-electron chi connectivity index (χ1n) is 5.68. The standard InChI is InChI=1S/C14H12ClNO3/c15-11-6-12(8-16-7-11)19-9-13(14(17)18)10-4-2-1-3-5-10/h1-8,13H,9H2,(H,17,18). The third-order valence-corrected chi connectivity index (χ3v) is 2.80. The molecule has 19 heavy (non-hydrogen) atoms. The maximum atomic E-state index is 11.3. The summed E-state index contributed by atoms with van der Waals surface area (Å²) in [6.45, 7) is 0.0291. The lowest BCUT2D eigenvalue weighted by Crippen LogP contribution is -2.19. The number of carboxylic acids is 1. The zero-order valence-corrected chi connectivity index (χ0v) is 10.7. The van der Waals surface area contributed by atoms with Crippen LogP contribution in [0.1, 0.15) is 11.5 Å². The number of aromatic nitrogens is 1. The molecule has 0 aliphatic carbocycles. The first-order valence-corrected chi connectivity index (χ1v) is 6.05. The van der Waals surface area contributed by atoms with Crippen LogP contribution in [-0.4, -0.2) is 22.7 Å². The molecule has 1 N–H and O–H groups in total. The molecule has 1 unspecified atom stereocenters. The molecule has 0 saturated carbocycles. The number of nitrogens with zero attached hydrogens (tertiary/aromatic N) is 1. The Labute approximate surface area is 115 Å². The van der Waals surface area contributed by atoms with Crippen molar-refractivity contribution in [3.05, 3.63) is 59.4 Å². The van der Waals surface area contributed by atoms with Crippen molar-refractivity contribution >= 4 is 17.6 Å². The Balaban J connectivity index is 2.08. The van der Waals surface area contributed by atoms with Crippen molar-refractivity contribution in [2.45, 2.75) is 5.92 Å². The van der Waals surface area contributed by atoms with E-state index in [1.165, 1.54) is 12.4 Å². The van der Waals surface area contributed by atoms with Gasteiger partial charge in [-0.15, -0.1) is 0 Å². The Morgan fingerprint density at radius 1 is 1.32 bits per heavy atom. The van der Waals surface area contributed by atoms with Gasteiger partial charge >= 0.3 is 5.97 Å². The third kappa shape index (κ3) is 3.69. The van der Waals surface area contributed by atoms with Crippen LogP contribution in [0.3, 0.4) is 0 Å². The van der Waals surface area contributed by atoms with Gasteiger partial charge in [0, 0.05) is 12.3 Å². The Bertz CT molecular complexity index is 560. The second kappa shape index (κ2) is 6.20. The van der Waals surface area contributed by atoms with Crippen LogP contribution in [0.2, 0.25) is 5.02 Å². The van der Waals surface area contributed by atoms with Gasteiger partial charge in [-0.2, -0.15) is 0 Å². The van der Waals surface area contributed by atoms with Gasteiger partial charge in [0.25, 0.3) is 0 Å². The summed E-state index contributed by atoms with van der Waals surface area (Å²) in [5.41, 5.74) is 0.699. The highest BCUT2D eigenvalue weighted by atomic mass is 35.5. The van der Waals surface area contributed by atoms with E-state index in [2.05, 4.69) is 4.98 Å². The molecular weight excluding hydrogens is 266 g/mol. The molecule has 4 nitrogen and oxygen atoms in total. The van der Waals surface area contributed by atoms with Crippen LogP contribution in [0.5, 0.6) is 5.75 Å². The molecule has 1 heterocycles. The molecule has 98 valence electrons. The number of hydrogen-bond donors (Lipinski definition) is 1. The van der Waals surface area contributed by atoms with E-state index in [0.29, 0.717) is 16.3 Å². The summed E-state index contributed by atoms with van der Waals surface area (Å²) in [6.07, 6.45) is 2.98. The molecule has 2 rings (SSSR count). The monoisotopic (exact) mass is 277 g/mol. The van der Waals surface area contributed by atoms with E-state index < -0.39 is 11.9 Å². The van der Waals surface area contributed by atoms with Crippen LogP contribution in [0.25, 0.3) is 0 Å². The second-order valence-corrected chi connectivity index (χ2v) is 4.39. The summed E-state index contributed by atoms with van der Waals surface area (Å²) in [4.78, 5) is 15.1. The number of ether oxygens (including phenoxy) is 1. The highest BCUT2D eigenvalue weighted by Gasteiger charge is 2.20. The van der Waals surface area contributed by atoms with Crippen molar-refractivity contribution in [1.29, 1.82) is 0 Å². The molecule has 0 fully saturated rings. The van der Waals surface area contributed by atoms with Gasteiger partial charge in [-0.1, -0.05) is 41.9 Å². The summed E-state index contributed by atoms with van der Waals surface area (Å²) in [6, 6.07) is 10.6. The van der Waals surface area contributed by atoms with Crippen LogP contribution in [-0.2, 0) is 4.79 Å². The SMILES string of the molecule is O=C(O)C(COc1cncc(Cl)c1)c1ccccc1. The smallest absolute Gasteiger partial charge is 0.314 e. The van der Waals surface area contributed by atoms with Crippen molar-refractivity contribution in [2.75, 3.05) is 6.61 Å². The van der Waals surface area contributed by atoms with Crippen LogP contribution >= 0.6 is 11.6 Å². The Morgan fingerprint density at radius 2 is 2.05 bits per heavy atom. The fourth-order valence-corrected chi connectivity index (χ4v) is 1.81. The average Bonchev–Trinajstić information content (AvgIpc) is 2.40. The molecule has 0 amide bonds. The zero-order chi connectivity index (χ0) is 13.7. The number of hydrogen-bond acceptors (Lipinski definition) is 3. The summed E-state index contributed by atoms with van der Waals surface area (Å²) < 4.78 is 5.44. The number of carbonyl (C=O) groups is 1. The quantitative estimate of drug-likeness (QED) is 0.913. The van der Waals surface area contributed by atoms with Crippen LogP contribution in [0.15, 0.2) is 48.8 Å². The van der Waals surface area contributed by atoms with E-state index in [9.17, 15) is 9.90 Å². The topological polar surface area (TPSA) is 59.4 Å². The fraction of sp³-hybridized carbons (Fsp3) is 0.143. The van der Waals surface area contributed by atoms with Gasteiger partial charge in [0.1, 0.15) is 18.3 Å². The van der Waals surface area contributed by atoms with Gasteiger partial charge in [-0.05, 0) is 5.56 Å². The lowest BCUT2D eigenvalue weighted by molar-refractivity contribution is -0.139. The molecule has 0 radical (unpaired) electrons. The number of rotatable bonds is 5. The third-order valence-electron chi connectivity index (χ3n) is 2.60. The molecule has 1 aromatic heterocycles. The highest BCUT2D eigenvalue weighted by molar-refractivity contribution is 6.30. The molecule has 0 aliphatic heterocycles. The highest BCUT2D eigenvalue weighted by Crippen LogP contribution is 2.20. The van der Waals surface area contributed by atoms with E-state index in [0.717, 1.165) is 0 Å². The van der Waals surface area contributed by atoms with Gasteiger partial charge in [-0.25, -0.2) is 0 Å².